The topological polar surface area (TPSA) is 83.9 Å². The van der Waals surface area contributed by atoms with Gasteiger partial charge < -0.3 is 9.94 Å². The quantitative estimate of drug-likeness (QED) is 0.751. The zero-order chi connectivity index (χ0) is 13.3. The van der Waals surface area contributed by atoms with Crippen LogP contribution in [0.15, 0.2) is 24.3 Å². The zero-order valence-corrected chi connectivity index (χ0v) is 9.00. The minimum absolute atomic E-state index is 0.0154. The summed E-state index contributed by atoms with van der Waals surface area (Å²) >= 11 is 0. The summed E-state index contributed by atoms with van der Waals surface area (Å²) in [7, 11) is 0. The minimum Gasteiger partial charge on any atom is -0.383 e. The van der Waals surface area contributed by atoms with E-state index in [4.69, 9.17) is 5.11 Å². The summed E-state index contributed by atoms with van der Waals surface area (Å²) in [6.07, 6.45) is -1.91. The van der Waals surface area contributed by atoms with Gasteiger partial charge in [0.1, 0.15) is 11.9 Å². The molecule has 7 heteroatoms. The second kappa shape index (κ2) is 4.53. The van der Waals surface area contributed by atoms with Crippen LogP contribution in [-0.2, 0) is 14.4 Å². The average Bonchev–Trinajstić information content (AvgIpc) is 2.57. The third kappa shape index (κ3) is 2.21. The van der Waals surface area contributed by atoms with E-state index in [1.807, 2.05) is 0 Å². The Morgan fingerprint density at radius 2 is 1.94 bits per heavy atom. The van der Waals surface area contributed by atoms with Gasteiger partial charge in [-0.1, -0.05) is 5.06 Å². The second-order valence-corrected chi connectivity index (χ2v) is 3.63. The highest BCUT2D eigenvalue weighted by atomic mass is 19.1. The Kier molecular flexibility index (Phi) is 3.07. The summed E-state index contributed by atoms with van der Waals surface area (Å²) in [5.74, 6) is -3.31. The summed E-state index contributed by atoms with van der Waals surface area (Å²) in [5.41, 5.74) is -0.0154. The van der Waals surface area contributed by atoms with Gasteiger partial charge in [0.05, 0.1) is 12.0 Å². The number of halogens is 1. The number of aliphatic hydroxyl groups excluding tert-OH is 1. The Hall–Kier alpha value is -2.28. The number of nitrogens with zero attached hydrogens (tertiary/aromatic N) is 1. The Morgan fingerprint density at radius 1 is 1.33 bits per heavy atom. The number of hydrogen-bond acceptors (Lipinski definition) is 5. The standard InChI is InChI=1S/C11H8FNO5/c12-7-3-1-6(2-4-7)11(17)18-13-9(15)5-8(14)10(13)16/h1-4,8,14H,5H2. The van der Waals surface area contributed by atoms with Crippen LogP contribution in [0.25, 0.3) is 0 Å². The fraction of sp³-hybridized carbons (Fsp3) is 0.182. The van der Waals surface area contributed by atoms with Gasteiger partial charge in [-0.05, 0) is 24.3 Å². The van der Waals surface area contributed by atoms with Crippen LogP contribution in [0.4, 0.5) is 4.39 Å². The van der Waals surface area contributed by atoms with Crippen LogP contribution in [0, 0.1) is 5.82 Å². The van der Waals surface area contributed by atoms with Gasteiger partial charge in [0.2, 0.25) is 0 Å². The lowest BCUT2D eigenvalue weighted by Gasteiger charge is -2.12. The highest BCUT2D eigenvalue weighted by molar-refractivity contribution is 6.05. The zero-order valence-electron chi connectivity index (χ0n) is 9.00. The van der Waals surface area contributed by atoms with Crippen molar-refractivity contribution in [2.24, 2.45) is 0 Å². The summed E-state index contributed by atoms with van der Waals surface area (Å²) in [5, 5.41) is 9.32. The van der Waals surface area contributed by atoms with Gasteiger partial charge in [-0.2, -0.15) is 0 Å². The highest BCUT2D eigenvalue weighted by Crippen LogP contribution is 2.15. The van der Waals surface area contributed by atoms with Crippen molar-refractivity contribution in [3.63, 3.8) is 0 Å². The lowest BCUT2D eigenvalue weighted by molar-refractivity contribution is -0.175. The first-order valence-electron chi connectivity index (χ1n) is 5.02. The molecule has 2 rings (SSSR count). The van der Waals surface area contributed by atoms with E-state index in [-0.39, 0.29) is 10.6 Å². The molecule has 0 aliphatic carbocycles. The molecular formula is C11H8FNO5. The van der Waals surface area contributed by atoms with Gasteiger partial charge in [-0.15, -0.1) is 0 Å². The van der Waals surface area contributed by atoms with Crippen LogP contribution >= 0.6 is 0 Å². The van der Waals surface area contributed by atoms with Gasteiger partial charge in [0, 0.05) is 0 Å². The van der Waals surface area contributed by atoms with Crippen molar-refractivity contribution in [1.29, 1.82) is 0 Å². The van der Waals surface area contributed by atoms with Gasteiger partial charge in [-0.3, -0.25) is 9.59 Å². The molecular weight excluding hydrogens is 245 g/mol. The Balaban J connectivity index is 2.10. The maximum absolute atomic E-state index is 12.6. The molecule has 1 atom stereocenters. The smallest absolute Gasteiger partial charge is 0.363 e. The number of amides is 2. The third-order valence-electron chi connectivity index (χ3n) is 2.33. The van der Waals surface area contributed by atoms with Crippen molar-refractivity contribution in [3.8, 4) is 0 Å². The molecule has 94 valence electrons. The number of hydrogen-bond donors (Lipinski definition) is 1. The molecule has 0 aromatic heterocycles. The minimum atomic E-state index is -1.49. The van der Waals surface area contributed by atoms with Crippen molar-refractivity contribution < 1.29 is 28.7 Å². The summed E-state index contributed by atoms with van der Waals surface area (Å²) in [6, 6.07) is 4.39. The van der Waals surface area contributed by atoms with Gasteiger partial charge >= 0.3 is 5.97 Å². The van der Waals surface area contributed by atoms with E-state index in [0.29, 0.717) is 0 Å². The van der Waals surface area contributed by atoms with E-state index in [1.165, 1.54) is 0 Å². The monoisotopic (exact) mass is 253 g/mol. The van der Waals surface area contributed by atoms with Crippen molar-refractivity contribution in [1.82, 2.24) is 5.06 Å². The highest BCUT2D eigenvalue weighted by Gasteiger charge is 2.40. The molecule has 0 spiro atoms. The molecule has 1 unspecified atom stereocenters. The summed E-state index contributed by atoms with van der Waals surface area (Å²) in [6.45, 7) is 0. The Bertz CT molecular complexity index is 513. The molecule has 0 bridgehead atoms. The summed E-state index contributed by atoms with van der Waals surface area (Å²) in [4.78, 5) is 38.6. The molecule has 0 saturated carbocycles. The molecule has 1 fully saturated rings. The predicted octanol–water partition coefficient (Wildman–Crippen LogP) is 0.0173. The van der Waals surface area contributed by atoms with E-state index < -0.39 is 36.1 Å². The molecule has 1 N–H and O–H groups in total. The Morgan fingerprint density at radius 3 is 2.44 bits per heavy atom. The van der Waals surface area contributed by atoms with Gasteiger partial charge in [0.15, 0.2) is 0 Å². The number of imide groups is 1. The molecule has 1 aliphatic rings. The lowest BCUT2D eigenvalue weighted by Crippen LogP contribution is -2.34. The van der Waals surface area contributed by atoms with Crippen LogP contribution in [0.3, 0.4) is 0 Å². The SMILES string of the molecule is O=C(ON1C(=O)CC(O)C1=O)c1ccc(F)cc1. The van der Waals surface area contributed by atoms with Crippen molar-refractivity contribution in [3.05, 3.63) is 35.6 Å². The number of rotatable bonds is 2. The van der Waals surface area contributed by atoms with Crippen LogP contribution in [0.1, 0.15) is 16.8 Å². The number of aliphatic hydroxyl groups is 1. The van der Waals surface area contributed by atoms with E-state index >= 15 is 0 Å². The van der Waals surface area contributed by atoms with Crippen molar-refractivity contribution in [2.75, 3.05) is 0 Å². The van der Waals surface area contributed by atoms with Crippen molar-refractivity contribution >= 4 is 17.8 Å². The fourth-order valence-electron chi connectivity index (χ4n) is 1.41. The Labute approximate surface area is 101 Å². The third-order valence-corrected chi connectivity index (χ3v) is 2.33. The molecule has 6 nitrogen and oxygen atoms in total. The first kappa shape index (κ1) is 12.2. The second-order valence-electron chi connectivity index (χ2n) is 3.63. The van der Waals surface area contributed by atoms with Crippen LogP contribution < -0.4 is 0 Å². The van der Waals surface area contributed by atoms with E-state index in [1.54, 1.807) is 0 Å². The van der Waals surface area contributed by atoms with E-state index in [0.717, 1.165) is 24.3 Å². The number of carbonyl (C=O) groups excluding carboxylic acids is 3. The number of hydroxylamine groups is 2. The molecule has 1 aromatic rings. The van der Waals surface area contributed by atoms with Crippen LogP contribution in [0.5, 0.6) is 0 Å². The molecule has 2 amide bonds. The van der Waals surface area contributed by atoms with Crippen LogP contribution in [0.2, 0.25) is 0 Å². The molecule has 1 aromatic carbocycles. The maximum Gasteiger partial charge on any atom is 0.363 e. The van der Waals surface area contributed by atoms with Gasteiger partial charge in [-0.25, -0.2) is 9.18 Å². The number of carbonyl (C=O) groups is 3. The average molecular weight is 253 g/mol. The normalized spacial score (nSPS) is 19.2. The van der Waals surface area contributed by atoms with Crippen molar-refractivity contribution in [2.45, 2.75) is 12.5 Å². The lowest BCUT2D eigenvalue weighted by atomic mass is 10.2. The molecule has 1 saturated heterocycles. The van der Waals surface area contributed by atoms with Gasteiger partial charge in [0.25, 0.3) is 11.8 Å². The van der Waals surface area contributed by atoms with Crippen LogP contribution in [-0.4, -0.2) is 34.1 Å². The first-order valence-corrected chi connectivity index (χ1v) is 5.02. The predicted molar refractivity (Wildman–Crippen MR) is 54.3 cm³/mol. The van der Waals surface area contributed by atoms with E-state index in [9.17, 15) is 18.8 Å². The van der Waals surface area contributed by atoms with E-state index in [2.05, 4.69) is 4.84 Å². The number of benzene rings is 1. The summed E-state index contributed by atoms with van der Waals surface area (Å²) < 4.78 is 12.6. The largest absolute Gasteiger partial charge is 0.383 e. The fourth-order valence-corrected chi connectivity index (χ4v) is 1.41. The molecule has 0 radical (unpaired) electrons. The first-order chi connectivity index (χ1) is 8.49. The maximum atomic E-state index is 12.6. The molecule has 1 aliphatic heterocycles. The molecule has 1 heterocycles. The molecule has 18 heavy (non-hydrogen) atoms.